The highest BCUT2D eigenvalue weighted by molar-refractivity contribution is 9.10. The Bertz CT molecular complexity index is 319. The van der Waals surface area contributed by atoms with Crippen LogP contribution >= 0.6 is 39.0 Å². The molecule has 0 aromatic carbocycles. The van der Waals surface area contributed by atoms with Crippen molar-refractivity contribution in [1.82, 2.24) is 4.98 Å². The van der Waals surface area contributed by atoms with Crippen molar-refractivity contribution in [1.29, 1.82) is 0 Å². The van der Waals surface area contributed by atoms with E-state index in [2.05, 4.69) is 27.2 Å². The van der Waals surface area contributed by atoms with Crippen molar-refractivity contribution in [2.75, 3.05) is 6.26 Å². The Balaban J connectivity index is 2.22. The van der Waals surface area contributed by atoms with Crippen LogP contribution in [0.2, 0.25) is 0 Å². The molecule has 1 N–H and O–H groups in total. The summed E-state index contributed by atoms with van der Waals surface area (Å²) in [6.07, 6.45) is 5.17. The number of aromatic nitrogens is 1. The Morgan fingerprint density at radius 2 is 2.43 bits per heavy atom. The Labute approximate surface area is 100 Å². The molecule has 0 amide bonds. The van der Waals surface area contributed by atoms with Gasteiger partial charge in [-0.05, 0) is 35.0 Å². The fraction of sp³-hybridized carbons (Fsp3) is 0.667. The number of nitrogens with zero attached hydrogens (tertiary/aromatic N) is 1. The van der Waals surface area contributed by atoms with E-state index in [4.69, 9.17) is 0 Å². The van der Waals surface area contributed by atoms with Crippen LogP contribution in [0.5, 0.6) is 0 Å². The van der Waals surface area contributed by atoms with E-state index in [0.29, 0.717) is 0 Å². The second kappa shape index (κ2) is 4.12. The zero-order valence-corrected chi connectivity index (χ0v) is 11.1. The maximum Gasteiger partial charge on any atom is 0.122 e. The Morgan fingerprint density at radius 1 is 1.71 bits per heavy atom. The van der Waals surface area contributed by atoms with Gasteiger partial charge in [-0.1, -0.05) is 6.42 Å². The number of halogens is 1. The minimum absolute atomic E-state index is 0.0506. The van der Waals surface area contributed by atoms with Crippen molar-refractivity contribution in [3.05, 3.63) is 15.0 Å². The lowest BCUT2D eigenvalue weighted by Crippen LogP contribution is -2.39. The quantitative estimate of drug-likeness (QED) is 0.929. The number of hydrogen-bond acceptors (Lipinski definition) is 4. The van der Waals surface area contributed by atoms with Crippen LogP contribution in [0.3, 0.4) is 0 Å². The first kappa shape index (κ1) is 10.9. The van der Waals surface area contributed by atoms with E-state index >= 15 is 0 Å². The lowest BCUT2D eigenvalue weighted by molar-refractivity contribution is 0.0899. The fourth-order valence-electron chi connectivity index (χ4n) is 1.77. The molecule has 0 saturated heterocycles. The van der Waals surface area contributed by atoms with Crippen molar-refractivity contribution >= 4 is 39.0 Å². The lowest BCUT2D eigenvalue weighted by Gasteiger charge is -2.43. The van der Waals surface area contributed by atoms with E-state index in [1.165, 1.54) is 17.8 Å². The van der Waals surface area contributed by atoms with Gasteiger partial charge >= 0.3 is 0 Å². The van der Waals surface area contributed by atoms with Gasteiger partial charge in [-0.15, -0.1) is 11.3 Å². The number of rotatable bonds is 3. The van der Waals surface area contributed by atoms with Gasteiger partial charge in [-0.3, -0.25) is 0 Å². The van der Waals surface area contributed by atoms with E-state index in [9.17, 15) is 5.11 Å². The normalized spacial score (nSPS) is 21.6. The molecule has 0 spiro atoms. The first-order chi connectivity index (χ1) is 6.69. The molecule has 2 nitrogen and oxygen atoms in total. The molecule has 1 aliphatic carbocycles. The predicted octanol–water partition coefficient (Wildman–Crippen LogP) is 3.22. The van der Waals surface area contributed by atoms with E-state index in [1.54, 1.807) is 17.3 Å². The van der Waals surface area contributed by atoms with E-state index in [1.807, 2.05) is 0 Å². The minimum Gasteiger partial charge on any atom is -0.386 e. The van der Waals surface area contributed by atoms with Crippen LogP contribution in [-0.2, 0) is 0 Å². The summed E-state index contributed by atoms with van der Waals surface area (Å²) >= 11 is 6.68. The molecule has 1 aromatic heterocycles. The maximum absolute atomic E-state index is 10.3. The average Bonchev–Trinajstić information content (AvgIpc) is 2.50. The summed E-state index contributed by atoms with van der Waals surface area (Å²) in [7, 11) is 0. The summed E-state index contributed by atoms with van der Waals surface area (Å²) in [5.41, 5.74) is 1.77. The summed E-state index contributed by atoms with van der Waals surface area (Å²) in [5, 5.41) is 10.3. The Hall–Kier alpha value is 0.420. The van der Waals surface area contributed by atoms with Crippen molar-refractivity contribution < 1.29 is 5.11 Å². The first-order valence-corrected chi connectivity index (χ1v) is 7.41. The summed E-state index contributed by atoms with van der Waals surface area (Å²) in [4.78, 5) is 5.08. The van der Waals surface area contributed by atoms with Crippen LogP contribution in [0, 0.1) is 0 Å². The first-order valence-electron chi connectivity index (χ1n) is 4.52. The van der Waals surface area contributed by atoms with Gasteiger partial charge in [0.1, 0.15) is 10.7 Å². The van der Waals surface area contributed by atoms with Crippen molar-refractivity contribution in [2.45, 2.75) is 30.1 Å². The van der Waals surface area contributed by atoms with Gasteiger partial charge in [0, 0.05) is 4.75 Å². The van der Waals surface area contributed by atoms with Crippen molar-refractivity contribution in [3.63, 3.8) is 0 Å². The van der Waals surface area contributed by atoms with Gasteiger partial charge in [0.25, 0.3) is 0 Å². The molecule has 0 aliphatic heterocycles. The highest BCUT2D eigenvalue weighted by Gasteiger charge is 2.44. The largest absolute Gasteiger partial charge is 0.386 e. The fourth-order valence-corrected chi connectivity index (χ4v) is 4.40. The van der Waals surface area contributed by atoms with Gasteiger partial charge in [0.15, 0.2) is 0 Å². The monoisotopic (exact) mass is 293 g/mol. The lowest BCUT2D eigenvalue weighted by atomic mass is 9.79. The van der Waals surface area contributed by atoms with Crippen LogP contribution in [0.4, 0.5) is 0 Å². The molecule has 1 atom stereocenters. The van der Waals surface area contributed by atoms with E-state index < -0.39 is 0 Å². The third-order valence-electron chi connectivity index (χ3n) is 2.90. The molecule has 14 heavy (non-hydrogen) atoms. The highest BCUT2D eigenvalue weighted by Crippen LogP contribution is 2.52. The van der Waals surface area contributed by atoms with Crippen molar-refractivity contribution in [2.24, 2.45) is 0 Å². The van der Waals surface area contributed by atoms with Gasteiger partial charge in [-0.25, -0.2) is 4.98 Å². The average molecular weight is 294 g/mol. The van der Waals surface area contributed by atoms with Crippen molar-refractivity contribution in [3.8, 4) is 0 Å². The second-order valence-corrected chi connectivity index (χ2v) is 6.39. The van der Waals surface area contributed by atoms with Crippen LogP contribution in [0.1, 0.15) is 30.2 Å². The standard InChI is InChI=1S/C9H12BrNOS2/c1-13-9(3-2-4-9)7(12)6-8(10)11-5-14-6/h5,7,12H,2-4H2,1H3. The number of hydrogen-bond donors (Lipinski definition) is 1. The van der Waals surface area contributed by atoms with E-state index in [-0.39, 0.29) is 10.9 Å². The number of aliphatic hydroxyl groups is 1. The molecule has 1 heterocycles. The zero-order chi connectivity index (χ0) is 10.2. The topological polar surface area (TPSA) is 33.1 Å². The molecule has 1 aromatic rings. The Morgan fingerprint density at radius 3 is 2.79 bits per heavy atom. The summed E-state index contributed by atoms with van der Waals surface area (Å²) in [6.45, 7) is 0. The molecule has 1 saturated carbocycles. The number of thiazole rings is 1. The zero-order valence-electron chi connectivity index (χ0n) is 7.86. The predicted molar refractivity (Wildman–Crippen MR) is 64.9 cm³/mol. The molecule has 5 heteroatoms. The molecule has 1 fully saturated rings. The third kappa shape index (κ3) is 1.64. The third-order valence-corrected chi connectivity index (χ3v) is 6.12. The smallest absolute Gasteiger partial charge is 0.122 e. The van der Waals surface area contributed by atoms with Crippen LogP contribution in [-0.4, -0.2) is 21.1 Å². The molecule has 1 aliphatic rings. The van der Waals surface area contributed by atoms with Gasteiger partial charge in [0.2, 0.25) is 0 Å². The second-order valence-electron chi connectivity index (χ2n) is 3.53. The molecule has 78 valence electrons. The van der Waals surface area contributed by atoms with Crippen LogP contribution in [0.25, 0.3) is 0 Å². The summed E-state index contributed by atoms with van der Waals surface area (Å²) < 4.78 is 0.852. The van der Waals surface area contributed by atoms with Crippen LogP contribution in [0.15, 0.2) is 10.1 Å². The number of aliphatic hydroxyl groups excluding tert-OH is 1. The maximum atomic E-state index is 10.3. The summed E-state index contributed by atoms with van der Waals surface area (Å²) in [6, 6.07) is 0. The van der Waals surface area contributed by atoms with E-state index in [0.717, 1.165) is 22.3 Å². The molecule has 1 unspecified atom stereocenters. The SMILES string of the molecule is CSC1(C(O)c2scnc2Br)CCC1. The summed E-state index contributed by atoms with van der Waals surface area (Å²) in [5.74, 6) is 0. The molecule has 0 bridgehead atoms. The van der Waals surface area contributed by atoms with Crippen LogP contribution < -0.4 is 0 Å². The molecule has 0 radical (unpaired) electrons. The minimum atomic E-state index is -0.367. The van der Waals surface area contributed by atoms with Gasteiger partial charge in [-0.2, -0.15) is 11.8 Å². The molecular formula is C9H12BrNOS2. The number of thioether (sulfide) groups is 1. The molecular weight excluding hydrogens is 282 g/mol. The Kier molecular flexibility index (Phi) is 3.21. The van der Waals surface area contributed by atoms with Gasteiger partial charge < -0.3 is 5.11 Å². The molecule has 2 rings (SSSR count). The highest BCUT2D eigenvalue weighted by atomic mass is 79.9. The van der Waals surface area contributed by atoms with Gasteiger partial charge in [0.05, 0.1) is 10.4 Å².